The zero-order valence-corrected chi connectivity index (χ0v) is 18.3. The predicted molar refractivity (Wildman–Crippen MR) is 119 cm³/mol. The van der Waals surface area contributed by atoms with Gasteiger partial charge in [0.25, 0.3) is 5.13 Å². The number of H-pyrrole nitrogens is 1. The molecule has 0 aliphatic carbocycles. The summed E-state index contributed by atoms with van der Waals surface area (Å²) in [5, 5.41) is 17.1. The molecule has 0 atom stereocenters. The summed E-state index contributed by atoms with van der Waals surface area (Å²) in [5.74, 6) is 1.31. The van der Waals surface area contributed by atoms with Gasteiger partial charge in [-0.2, -0.15) is 0 Å². The Morgan fingerprint density at radius 1 is 1.19 bits per heavy atom. The number of esters is 1. The number of aromatic nitrogens is 5. The van der Waals surface area contributed by atoms with Crippen molar-refractivity contribution >= 4 is 40.0 Å². The first kappa shape index (κ1) is 20.8. The van der Waals surface area contributed by atoms with Gasteiger partial charge >= 0.3 is 5.97 Å². The number of thioether (sulfide) groups is 1. The van der Waals surface area contributed by atoms with Gasteiger partial charge in [-0.1, -0.05) is 48.2 Å². The second-order valence-corrected chi connectivity index (χ2v) is 8.51. The maximum atomic E-state index is 12.3. The number of aromatic amines is 1. The second kappa shape index (κ2) is 9.58. The highest BCUT2D eigenvalue weighted by Gasteiger charge is 2.20. The van der Waals surface area contributed by atoms with Crippen LogP contribution in [0.4, 0.5) is 10.9 Å². The maximum absolute atomic E-state index is 12.3. The number of imidazole rings is 1. The molecule has 3 heterocycles. The molecule has 3 aromatic heterocycles. The summed E-state index contributed by atoms with van der Waals surface area (Å²) >= 11 is 2.94. The number of azo groups is 1. The molecule has 0 saturated carbocycles. The van der Waals surface area contributed by atoms with Crippen LogP contribution in [0.5, 0.6) is 0 Å². The van der Waals surface area contributed by atoms with Crippen molar-refractivity contribution in [1.29, 1.82) is 0 Å². The summed E-state index contributed by atoms with van der Waals surface area (Å²) < 4.78 is 5.75. The van der Waals surface area contributed by atoms with Gasteiger partial charge in [0.15, 0.2) is 4.34 Å². The molecule has 0 saturated heterocycles. The van der Waals surface area contributed by atoms with E-state index in [0.717, 1.165) is 15.7 Å². The van der Waals surface area contributed by atoms with Crippen molar-refractivity contribution in [2.24, 2.45) is 10.2 Å². The molecule has 0 spiro atoms. The van der Waals surface area contributed by atoms with Crippen LogP contribution in [0.2, 0.25) is 0 Å². The van der Waals surface area contributed by atoms with E-state index < -0.39 is 5.97 Å². The van der Waals surface area contributed by atoms with Crippen LogP contribution >= 0.6 is 23.1 Å². The van der Waals surface area contributed by atoms with Crippen molar-refractivity contribution in [3.63, 3.8) is 0 Å². The van der Waals surface area contributed by atoms with E-state index in [1.165, 1.54) is 18.4 Å². The SMILES string of the molecule is CCSc1nnc(N=Nc2nc(-c3cccnc3)[nH]c2-c2ccccc2C(=O)OC)s1. The highest BCUT2D eigenvalue weighted by atomic mass is 32.2. The standard InChI is InChI=1S/C20H17N7O2S2/c1-3-30-20-27-26-19(31-20)25-24-17-15(13-8-4-5-9-14(13)18(28)29-2)22-16(23-17)12-7-6-10-21-11-12/h4-11H,3H2,1-2H3,(H,22,23). The molecule has 1 aromatic carbocycles. The Hall–Kier alpha value is -3.44. The summed E-state index contributed by atoms with van der Waals surface area (Å²) in [5.41, 5.74) is 2.31. The van der Waals surface area contributed by atoms with Crippen LogP contribution in [0.15, 0.2) is 63.4 Å². The predicted octanol–water partition coefficient (Wildman–Crippen LogP) is 5.30. The van der Waals surface area contributed by atoms with Gasteiger partial charge in [-0.25, -0.2) is 9.78 Å². The third kappa shape index (κ3) is 4.67. The number of nitrogens with one attached hydrogen (secondary N) is 1. The zero-order chi connectivity index (χ0) is 21.6. The van der Waals surface area contributed by atoms with E-state index in [4.69, 9.17) is 4.74 Å². The minimum atomic E-state index is -0.457. The molecule has 156 valence electrons. The topological polar surface area (TPSA) is 118 Å². The molecule has 1 N–H and O–H groups in total. The Morgan fingerprint density at radius 3 is 2.84 bits per heavy atom. The molecule has 0 aliphatic heterocycles. The lowest BCUT2D eigenvalue weighted by Gasteiger charge is -2.06. The highest BCUT2D eigenvalue weighted by Crippen LogP contribution is 2.35. The lowest BCUT2D eigenvalue weighted by Crippen LogP contribution is -2.03. The number of nitrogens with zero attached hydrogens (tertiary/aromatic N) is 6. The van der Waals surface area contributed by atoms with E-state index >= 15 is 0 Å². The van der Waals surface area contributed by atoms with Gasteiger partial charge in [-0.05, 0) is 24.0 Å². The first-order chi connectivity index (χ1) is 15.2. The van der Waals surface area contributed by atoms with Crippen LogP contribution in [-0.2, 0) is 4.74 Å². The van der Waals surface area contributed by atoms with Gasteiger partial charge in [0.2, 0.25) is 5.82 Å². The molecule has 4 rings (SSSR count). The van der Waals surface area contributed by atoms with Crippen LogP contribution in [0.25, 0.3) is 22.6 Å². The number of ether oxygens (including phenoxy) is 1. The fourth-order valence-corrected chi connectivity index (χ4v) is 4.33. The molecule has 0 radical (unpaired) electrons. The van der Waals surface area contributed by atoms with E-state index in [2.05, 4.69) is 35.4 Å². The summed E-state index contributed by atoms with van der Waals surface area (Å²) in [6, 6.07) is 10.8. The smallest absolute Gasteiger partial charge is 0.338 e. The quantitative estimate of drug-likeness (QED) is 0.230. The van der Waals surface area contributed by atoms with E-state index in [1.807, 2.05) is 25.1 Å². The van der Waals surface area contributed by atoms with Crippen LogP contribution in [0.3, 0.4) is 0 Å². The second-order valence-electron chi connectivity index (χ2n) is 6.05. The summed E-state index contributed by atoms with van der Waals surface area (Å²) in [7, 11) is 1.34. The molecule has 0 unspecified atom stereocenters. The molecule has 4 aromatic rings. The van der Waals surface area contributed by atoms with E-state index in [1.54, 1.807) is 42.4 Å². The van der Waals surface area contributed by atoms with Gasteiger partial charge in [-0.15, -0.1) is 20.4 Å². The normalized spacial score (nSPS) is 11.2. The van der Waals surface area contributed by atoms with Gasteiger partial charge in [-0.3, -0.25) is 4.98 Å². The first-order valence-electron chi connectivity index (χ1n) is 9.25. The summed E-state index contributed by atoms with van der Waals surface area (Å²) in [6.45, 7) is 2.04. The number of methoxy groups -OCH3 is 1. The van der Waals surface area contributed by atoms with Crippen molar-refractivity contribution in [3.05, 3.63) is 54.4 Å². The molecule has 0 amide bonds. The monoisotopic (exact) mass is 451 g/mol. The van der Waals surface area contributed by atoms with E-state index in [9.17, 15) is 4.79 Å². The van der Waals surface area contributed by atoms with Crippen molar-refractivity contribution in [3.8, 4) is 22.6 Å². The fraction of sp³-hybridized carbons (Fsp3) is 0.150. The fourth-order valence-electron chi connectivity index (χ4n) is 2.77. The largest absolute Gasteiger partial charge is 0.465 e. The van der Waals surface area contributed by atoms with Crippen LogP contribution < -0.4 is 0 Å². The van der Waals surface area contributed by atoms with Crippen LogP contribution in [0, 0.1) is 0 Å². The molecular formula is C20H17N7O2S2. The maximum Gasteiger partial charge on any atom is 0.338 e. The average molecular weight is 452 g/mol. The van der Waals surface area contributed by atoms with Crippen LogP contribution in [0.1, 0.15) is 17.3 Å². The number of hydrogen-bond acceptors (Lipinski definition) is 10. The molecular weight excluding hydrogens is 434 g/mol. The van der Waals surface area contributed by atoms with Gasteiger partial charge in [0.05, 0.1) is 18.4 Å². The van der Waals surface area contributed by atoms with Gasteiger partial charge in [0, 0.05) is 23.5 Å². The average Bonchev–Trinajstić information content (AvgIpc) is 3.45. The van der Waals surface area contributed by atoms with E-state index in [-0.39, 0.29) is 0 Å². The molecule has 0 fully saturated rings. The zero-order valence-electron chi connectivity index (χ0n) is 16.6. The number of carbonyl (C=O) groups excluding carboxylic acids is 1. The Morgan fingerprint density at radius 2 is 2.06 bits per heavy atom. The molecule has 9 nitrogen and oxygen atoms in total. The Balaban J connectivity index is 1.79. The number of benzene rings is 1. The molecule has 31 heavy (non-hydrogen) atoms. The van der Waals surface area contributed by atoms with Crippen molar-refractivity contribution < 1.29 is 9.53 Å². The van der Waals surface area contributed by atoms with Crippen molar-refractivity contribution in [2.75, 3.05) is 12.9 Å². The van der Waals surface area contributed by atoms with E-state index in [0.29, 0.717) is 33.6 Å². The minimum Gasteiger partial charge on any atom is -0.465 e. The highest BCUT2D eigenvalue weighted by molar-refractivity contribution is 8.01. The first-order valence-corrected chi connectivity index (χ1v) is 11.1. The Kier molecular flexibility index (Phi) is 6.43. The van der Waals surface area contributed by atoms with Crippen LogP contribution in [-0.4, -0.2) is 44.0 Å². The number of rotatable bonds is 7. The Bertz CT molecular complexity index is 1220. The number of hydrogen-bond donors (Lipinski definition) is 1. The third-order valence-electron chi connectivity index (χ3n) is 4.12. The van der Waals surface area contributed by atoms with Gasteiger partial charge < -0.3 is 9.72 Å². The van der Waals surface area contributed by atoms with Gasteiger partial charge in [0.1, 0.15) is 5.82 Å². The van der Waals surface area contributed by atoms with Crippen molar-refractivity contribution in [2.45, 2.75) is 11.3 Å². The molecule has 11 heteroatoms. The minimum absolute atomic E-state index is 0.315. The van der Waals surface area contributed by atoms with Crippen molar-refractivity contribution in [1.82, 2.24) is 25.1 Å². The number of carbonyl (C=O) groups is 1. The Labute approximate surface area is 186 Å². The summed E-state index contributed by atoms with van der Waals surface area (Å²) in [6.07, 6.45) is 3.37. The molecule has 0 bridgehead atoms. The number of pyridine rings is 1. The lowest BCUT2D eigenvalue weighted by molar-refractivity contribution is 0.0601. The lowest BCUT2D eigenvalue weighted by atomic mass is 10.0. The summed E-state index contributed by atoms with van der Waals surface area (Å²) in [4.78, 5) is 24.3. The third-order valence-corrected chi connectivity index (χ3v) is 5.94. The molecule has 0 aliphatic rings.